The van der Waals surface area contributed by atoms with Crippen LogP contribution < -0.4 is 10.1 Å². The normalized spacial score (nSPS) is 11.9. The summed E-state index contributed by atoms with van der Waals surface area (Å²) in [5.41, 5.74) is 0.800. The topological polar surface area (TPSA) is 38.3 Å². The van der Waals surface area contributed by atoms with E-state index in [9.17, 15) is 4.79 Å². The van der Waals surface area contributed by atoms with Gasteiger partial charge in [0.05, 0.1) is 7.11 Å². The van der Waals surface area contributed by atoms with Gasteiger partial charge >= 0.3 is 0 Å². The van der Waals surface area contributed by atoms with Crippen LogP contribution in [0, 0.1) is 5.92 Å². The molecule has 3 nitrogen and oxygen atoms in total. The van der Waals surface area contributed by atoms with Crippen LogP contribution >= 0.6 is 0 Å². The van der Waals surface area contributed by atoms with Gasteiger partial charge in [0.25, 0.3) is 0 Å². The third kappa shape index (κ3) is 4.40. The maximum absolute atomic E-state index is 12.1. The Morgan fingerprint density at radius 2 is 2.17 bits per heavy atom. The SMILES string of the molecule is CCCC[C@@H](CC)C(=O)Nc1cccc(OC)c1. The molecule has 1 N–H and O–H groups in total. The van der Waals surface area contributed by atoms with Gasteiger partial charge in [0.15, 0.2) is 0 Å². The lowest BCUT2D eigenvalue weighted by atomic mass is 9.98. The van der Waals surface area contributed by atoms with E-state index in [1.54, 1.807) is 7.11 Å². The summed E-state index contributed by atoms with van der Waals surface area (Å²) in [6, 6.07) is 7.46. The summed E-state index contributed by atoms with van der Waals surface area (Å²) in [5.74, 6) is 0.977. The minimum atomic E-state index is 0.108. The molecule has 0 aliphatic heterocycles. The van der Waals surface area contributed by atoms with Crippen LogP contribution in [0.3, 0.4) is 0 Å². The van der Waals surface area contributed by atoms with Crippen molar-refractivity contribution >= 4 is 11.6 Å². The molecule has 0 spiro atoms. The quantitative estimate of drug-likeness (QED) is 0.797. The van der Waals surface area contributed by atoms with E-state index in [1.807, 2.05) is 24.3 Å². The van der Waals surface area contributed by atoms with Gasteiger partial charge < -0.3 is 10.1 Å². The Bertz CT molecular complexity index is 377. The van der Waals surface area contributed by atoms with Gasteiger partial charge in [0.1, 0.15) is 5.75 Å². The Morgan fingerprint density at radius 1 is 1.39 bits per heavy atom. The first kappa shape index (κ1) is 14.6. The highest BCUT2D eigenvalue weighted by Crippen LogP contribution is 2.19. The number of methoxy groups -OCH3 is 1. The van der Waals surface area contributed by atoms with Crippen LogP contribution in [-0.4, -0.2) is 13.0 Å². The number of amides is 1. The molecule has 1 aromatic carbocycles. The number of rotatable bonds is 7. The number of carbonyl (C=O) groups excluding carboxylic acids is 1. The monoisotopic (exact) mass is 249 g/mol. The van der Waals surface area contributed by atoms with Gasteiger partial charge in [0.2, 0.25) is 5.91 Å². The molecule has 0 aliphatic rings. The van der Waals surface area contributed by atoms with E-state index >= 15 is 0 Å². The summed E-state index contributed by atoms with van der Waals surface area (Å²) in [5, 5.41) is 2.96. The van der Waals surface area contributed by atoms with Crippen LogP contribution in [-0.2, 0) is 4.79 Å². The second-order valence-electron chi connectivity index (χ2n) is 4.47. The second-order valence-corrected chi connectivity index (χ2v) is 4.47. The van der Waals surface area contributed by atoms with Crippen LogP contribution in [0.2, 0.25) is 0 Å². The number of carbonyl (C=O) groups is 1. The zero-order valence-corrected chi connectivity index (χ0v) is 11.5. The van der Waals surface area contributed by atoms with E-state index < -0.39 is 0 Å². The van der Waals surface area contributed by atoms with E-state index in [0.29, 0.717) is 0 Å². The summed E-state index contributed by atoms with van der Waals surface area (Å²) in [6.07, 6.45) is 4.07. The van der Waals surface area contributed by atoms with Crippen LogP contribution in [0.1, 0.15) is 39.5 Å². The van der Waals surface area contributed by atoms with Crippen molar-refractivity contribution in [3.63, 3.8) is 0 Å². The molecule has 1 amide bonds. The summed E-state index contributed by atoms with van der Waals surface area (Å²) in [4.78, 5) is 12.1. The van der Waals surface area contributed by atoms with Crippen LogP contribution in [0.25, 0.3) is 0 Å². The maximum Gasteiger partial charge on any atom is 0.227 e. The largest absolute Gasteiger partial charge is 0.497 e. The number of hydrogen-bond acceptors (Lipinski definition) is 2. The molecule has 0 radical (unpaired) electrons. The lowest BCUT2D eigenvalue weighted by Gasteiger charge is -2.14. The van der Waals surface area contributed by atoms with Crippen molar-refractivity contribution in [1.82, 2.24) is 0 Å². The summed E-state index contributed by atoms with van der Waals surface area (Å²) in [6.45, 7) is 4.21. The number of nitrogens with one attached hydrogen (secondary N) is 1. The highest BCUT2D eigenvalue weighted by molar-refractivity contribution is 5.92. The second kappa shape index (κ2) is 7.75. The molecule has 0 saturated heterocycles. The lowest BCUT2D eigenvalue weighted by molar-refractivity contribution is -0.120. The highest BCUT2D eigenvalue weighted by Gasteiger charge is 2.15. The average Bonchev–Trinajstić information content (AvgIpc) is 2.40. The van der Waals surface area contributed by atoms with Crippen molar-refractivity contribution in [2.75, 3.05) is 12.4 Å². The Morgan fingerprint density at radius 3 is 2.78 bits per heavy atom. The Kier molecular flexibility index (Phi) is 6.26. The number of hydrogen-bond donors (Lipinski definition) is 1. The van der Waals surface area contributed by atoms with Crippen molar-refractivity contribution in [3.05, 3.63) is 24.3 Å². The fraction of sp³-hybridized carbons (Fsp3) is 0.533. The molecule has 0 aromatic heterocycles. The number of ether oxygens (including phenoxy) is 1. The fourth-order valence-electron chi connectivity index (χ4n) is 1.92. The molecule has 0 unspecified atom stereocenters. The molecule has 0 saturated carbocycles. The molecule has 3 heteroatoms. The van der Waals surface area contributed by atoms with E-state index in [-0.39, 0.29) is 11.8 Å². The van der Waals surface area contributed by atoms with Gasteiger partial charge in [-0.1, -0.05) is 32.8 Å². The van der Waals surface area contributed by atoms with E-state index in [0.717, 1.165) is 37.1 Å². The van der Waals surface area contributed by atoms with E-state index in [4.69, 9.17) is 4.74 Å². The fourth-order valence-corrected chi connectivity index (χ4v) is 1.92. The van der Waals surface area contributed by atoms with Gasteiger partial charge in [-0.3, -0.25) is 4.79 Å². The van der Waals surface area contributed by atoms with E-state index in [1.165, 1.54) is 0 Å². The zero-order valence-electron chi connectivity index (χ0n) is 11.5. The Hall–Kier alpha value is -1.51. The van der Waals surface area contributed by atoms with Crippen LogP contribution in [0.4, 0.5) is 5.69 Å². The van der Waals surface area contributed by atoms with Crippen molar-refractivity contribution < 1.29 is 9.53 Å². The molecule has 1 atom stereocenters. The number of unbranched alkanes of at least 4 members (excludes halogenated alkanes) is 1. The molecular weight excluding hydrogens is 226 g/mol. The highest BCUT2D eigenvalue weighted by atomic mass is 16.5. The van der Waals surface area contributed by atoms with Gasteiger partial charge in [-0.2, -0.15) is 0 Å². The molecule has 1 rings (SSSR count). The van der Waals surface area contributed by atoms with Gasteiger partial charge in [-0.25, -0.2) is 0 Å². The Labute approximate surface area is 110 Å². The predicted octanol–water partition coefficient (Wildman–Crippen LogP) is 3.85. The summed E-state index contributed by atoms with van der Waals surface area (Å²) < 4.78 is 5.14. The van der Waals surface area contributed by atoms with Gasteiger partial charge in [-0.05, 0) is 25.0 Å². The zero-order chi connectivity index (χ0) is 13.4. The predicted molar refractivity (Wildman–Crippen MR) is 74.9 cm³/mol. The first-order valence-corrected chi connectivity index (χ1v) is 6.66. The lowest BCUT2D eigenvalue weighted by Crippen LogP contribution is -2.22. The molecule has 0 bridgehead atoms. The molecule has 1 aromatic rings. The maximum atomic E-state index is 12.1. The van der Waals surface area contributed by atoms with Crippen molar-refractivity contribution in [2.45, 2.75) is 39.5 Å². The van der Waals surface area contributed by atoms with Crippen molar-refractivity contribution in [1.29, 1.82) is 0 Å². The smallest absolute Gasteiger partial charge is 0.227 e. The van der Waals surface area contributed by atoms with Crippen LogP contribution in [0.15, 0.2) is 24.3 Å². The summed E-state index contributed by atoms with van der Waals surface area (Å²) in [7, 11) is 1.62. The molecule has 0 heterocycles. The van der Waals surface area contributed by atoms with Gasteiger partial charge in [0, 0.05) is 17.7 Å². The first-order chi connectivity index (χ1) is 8.71. The van der Waals surface area contributed by atoms with Gasteiger partial charge in [-0.15, -0.1) is 0 Å². The minimum absolute atomic E-state index is 0.108. The molecule has 100 valence electrons. The first-order valence-electron chi connectivity index (χ1n) is 6.66. The van der Waals surface area contributed by atoms with E-state index in [2.05, 4.69) is 19.2 Å². The Balaban J connectivity index is 2.61. The summed E-state index contributed by atoms with van der Waals surface area (Å²) >= 11 is 0. The van der Waals surface area contributed by atoms with Crippen molar-refractivity contribution in [2.24, 2.45) is 5.92 Å². The molecule has 18 heavy (non-hydrogen) atoms. The number of benzene rings is 1. The number of anilines is 1. The molecule has 0 fully saturated rings. The molecule has 0 aliphatic carbocycles. The molecular formula is C15H23NO2. The minimum Gasteiger partial charge on any atom is -0.497 e. The van der Waals surface area contributed by atoms with Crippen LogP contribution in [0.5, 0.6) is 5.75 Å². The third-order valence-electron chi connectivity index (χ3n) is 3.11. The van der Waals surface area contributed by atoms with Crippen molar-refractivity contribution in [3.8, 4) is 5.75 Å². The standard InChI is InChI=1S/C15H23NO2/c1-4-6-8-12(5-2)15(17)16-13-9-7-10-14(11-13)18-3/h7,9-12H,4-6,8H2,1-3H3,(H,16,17)/t12-/m1/s1. The average molecular weight is 249 g/mol. The third-order valence-corrected chi connectivity index (χ3v) is 3.11.